The Morgan fingerprint density at radius 3 is 2.20 bits per heavy atom. The maximum atomic E-state index is 14.3. The number of fused-ring (bicyclic) bond motifs is 1. The number of Topliss-reactive ketones (excluding diaryl/α,β-unsaturated/α-hetero) is 1. The Morgan fingerprint density at radius 1 is 0.957 bits per heavy atom. The summed E-state index contributed by atoms with van der Waals surface area (Å²) in [5, 5.41) is 6.06. The second-order valence-corrected chi connectivity index (χ2v) is 14.0. The number of amides is 3. The van der Waals surface area contributed by atoms with Crippen molar-refractivity contribution in [2.24, 2.45) is 38.8 Å². The zero-order valence-corrected chi connectivity index (χ0v) is 28.6. The van der Waals surface area contributed by atoms with Gasteiger partial charge < -0.3 is 38.1 Å². The topological polar surface area (TPSA) is 237 Å². The van der Waals surface area contributed by atoms with Gasteiger partial charge in [-0.2, -0.15) is 0 Å². The number of carbonyl (C=O) groups excluding carboxylic acids is 4. The number of hydrogen-bond acceptors (Lipinski definition) is 8. The first-order valence-corrected chi connectivity index (χ1v) is 17.5. The number of rotatable bonds is 18. The molecule has 1 aromatic carbocycles. The summed E-state index contributed by atoms with van der Waals surface area (Å²) in [6.45, 7) is 6.16. The standard InChI is InChI=1S/C30H46N10O4SSi/c1-18(2)13-14-30(17-46-40(30)26(43)22(37-19(3)41)10-6-7-15-35-28(31)32)27(44)39-21(11-8-16-36-29(33)34)24(42)25-38-20-9-4-5-12-23(20)45-25/h4-5,9,12,18,21-22H,6-8,10-11,13-17H2,1-3H3,(H,37,41)(H,39,44)(H4,31,32,35)(H4,33,34,36)/t21-,22-,30?/m0/s1. The molecule has 1 saturated heterocycles. The number of thiazole rings is 1. The number of hydrogen-bond donors (Lipinski definition) is 6. The predicted octanol–water partition coefficient (Wildman–Crippen LogP) is 1.02. The lowest BCUT2D eigenvalue weighted by Gasteiger charge is -2.52. The molecule has 250 valence electrons. The molecule has 3 rings (SSSR count). The average molecular weight is 671 g/mol. The van der Waals surface area contributed by atoms with Crippen LogP contribution >= 0.6 is 11.3 Å². The zero-order valence-electron chi connectivity index (χ0n) is 26.8. The number of benzene rings is 1. The highest BCUT2D eigenvalue weighted by molar-refractivity contribution is 7.20. The van der Waals surface area contributed by atoms with Crippen LogP contribution in [0.1, 0.15) is 75.5 Å². The van der Waals surface area contributed by atoms with E-state index in [-0.39, 0.29) is 58.1 Å². The largest absolute Gasteiger partial charge is 0.370 e. The molecule has 0 spiro atoms. The van der Waals surface area contributed by atoms with Crippen LogP contribution in [0.3, 0.4) is 0 Å². The number of carbonyl (C=O) groups is 4. The van der Waals surface area contributed by atoms with E-state index >= 15 is 0 Å². The van der Waals surface area contributed by atoms with Crippen LogP contribution in [0.25, 0.3) is 10.2 Å². The zero-order chi connectivity index (χ0) is 33.9. The number of nitrogens with two attached hydrogens (primary N) is 4. The lowest BCUT2D eigenvalue weighted by atomic mass is 9.88. The first kappa shape index (κ1) is 36.4. The summed E-state index contributed by atoms with van der Waals surface area (Å²) in [7, 11) is 0.0624. The minimum absolute atomic E-state index is 0.00614. The van der Waals surface area contributed by atoms with Gasteiger partial charge in [0.25, 0.3) is 0 Å². The van der Waals surface area contributed by atoms with E-state index in [0.717, 1.165) is 4.70 Å². The third kappa shape index (κ3) is 9.97. The molecule has 10 N–H and O–H groups in total. The normalized spacial score (nSPS) is 17.1. The van der Waals surface area contributed by atoms with Gasteiger partial charge in [0.15, 0.2) is 26.6 Å². The number of nitrogens with one attached hydrogen (secondary N) is 2. The number of guanidine groups is 2. The maximum absolute atomic E-state index is 14.3. The Hall–Kier alpha value is -4.05. The minimum atomic E-state index is -1.15. The molecule has 3 amide bonds. The third-order valence-electron chi connectivity index (χ3n) is 7.68. The SMILES string of the molecule is CC(=O)N[C@@H](CCCCN=C(N)N)C(=O)N1[Si]CC1(CCC(C)C)C(=O)N[C@@H](CCCN=C(N)N)C(=O)c1nc2ccccc2s1. The molecule has 0 bridgehead atoms. The summed E-state index contributed by atoms with van der Waals surface area (Å²) < 4.78 is 2.46. The van der Waals surface area contributed by atoms with Gasteiger partial charge in [-0.05, 0) is 69.0 Å². The van der Waals surface area contributed by atoms with Crippen LogP contribution < -0.4 is 33.6 Å². The summed E-state index contributed by atoms with van der Waals surface area (Å²) in [5.41, 5.74) is 21.3. The van der Waals surface area contributed by atoms with Gasteiger partial charge in [0.2, 0.25) is 23.5 Å². The van der Waals surface area contributed by atoms with E-state index < -0.39 is 23.5 Å². The van der Waals surface area contributed by atoms with Crippen molar-refractivity contribution in [2.45, 2.75) is 89.4 Å². The van der Waals surface area contributed by atoms with E-state index in [9.17, 15) is 19.2 Å². The number of aromatic nitrogens is 1. The molecule has 2 radical (unpaired) electrons. The minimum Gasteiger partial charge on any atom is -0.370 e. The highest BCUT2D eigenvalue weighted by Gasteiger charge is 2.55. The smallest absolute Gasteiger partial charge is 0.245 e. The summed E-state index contributed by atoms with van der Waals surface area (Å²) in [6, 6.07) is 6.21. The first-order chi connectivity index (χ1) is 21.8. The van der Waals surface area contributed by atoms with Gasteiger partial charge in [0, 0.05) is 20.0 Å². The van der Waals surface area contributed by atoms with Crippen LogP contribution in [0.15, 0.2) is 34.3 Å². The van der Waals surface area contributed by atoms with E-state index in [1.165, 1.54) is 18.3 Å². The van der Waals surface area contributed by atoms with Crippen LogP contribution in [-0.4, -0.2) is 85.4 Å². The summed E-state index contributed by atoms with van der Waals surface area (Å²) in [5.74, 6) is -1.15. The van der Waals surface area contributed by atoms with E-state index in [4.69, 9.17) is 22.9 Å². The number of aliphatic imine (C=N–C) groups is 2. The second kappa shape index (κ2) is 17.0. The highest BCUT2D eigenvalue weighted by Crippen LogP contribution is 2.37. The van der Waals surface area contributed by atoms with Crippen molar-refractivity contribution >= 4 is 66.7 Å². The molecule has 1 aliphatic rings. The van der Waals surface area contributed by atoms with Gasteiger partial charge in [0.05, 0.1) is 16.3 Å². The summed E-state index contributed by atoms with van der Waals surface area (Å²) in [6.07, 6.45) is 3.40. The molecule has 46 heavy (non-hydrogen) atoms. The van der Waals surface area contributed by atoms with Crippen molar-refractivity contribution in [1.82, 2.24) is 20.2 Å². The van der Waals surface area contributed by atoms with Gasteiger partial charge in [-0.3, -0.25) is 29.2 Å². The lowest BCUT2D eigenvalue weighted by molar-refractivity contribution is -0.146. The fourth-order valence-electron chi connectivity index (χ4n) is 5.18. The summed E-state index contributed by atoms with van der Waals surface area (Å²) >= 11 is 1.27. The van der Waals surface area contributed by atoms with Gasteiger partial charge in [-0.25, -0.2) is 4.98 Å². The van der Waals surface area contributed by atoms with Crippen molar-refractivity contribution in [3.63, 3.8) is 0 Å². The Kier molecular flexibility index (Phi) is 13.5. The molecule has 1 aromatic heterocycles. The molecule has 2 aromatic rings. The number of para-hydroxylation sites is 1. The molecule has 1 unspecified atom stereocenters. The van der Waals surface area contributed by atoms with E-state index in [2.05, 4.69) is 39.4 Å². The average Bonchev–Trinajstić information content (AvgIpc) is 3.41. The fraction of sp³-hybridized carbons (Fsp3) is 0.567. The molecule has 14 nitrogen and oxygen atoms in total. The molecular weight excluding hydrogens is 625 g/mol. The maximum Gasteiger partial charge on any atom is 0.245 e. The van der Waals surface area contributed by atoms with Crippen LogP contribution in [0.5, 0.6) is 0 Å². The second-order valence-electron chi connectivity index (χ2n) is 11.9. The third-order valence-corrected chi connectivity index (χ3v) is 10.4. The number of ketones is 1. The monoisotopic (exact) mass is 670 g/mol. The molecule has 16 heteroatoms. The molecular formula is C30H46N10O4SSi. The molecule has 1 fully saturated rings. The lowest BCUT2D eigenvalue weighted by Crippen LogP contribution is -2.73. The van der Waals surface area contributed by atoms with Gasteiger partial charge in [0.1, 0.15) is 11.6 Å². The van der Waals surface area contributed by atoms with E-state index in [1.807, 2.05) is 24.3 Å². The van der Waals surface area contributed by atoms with Crippen molar-refractivity contribution in [3.05, 3.63) is 29.3 Å². The molecule has 2 heterocycles. The Balaban J connectivity index is 1.86. The summed E-state index contributed by atoms with van der Waals surface area (Å²) in [4.78, 5) is 66.7. The molecule has 1 aliphatic heterocycles. The molecule has 0 aliphatic carbocycles. The van der Waals surface area contributed by atoms with Crippen LogP contribution in [0.2, 0.25) is 6.04 Å². The molecule has 0 saturated carbocycles. The van der Waals surface area contributed by atoms with Crippen molar-refractivity contribution < 1.29 is 19.2 Å². The number of nitrogens with zero attached hydrogens (tertiary/aromatic N) is 4. The van der Waals surface area contributed by atoms with Crippen LogP contribution in [-0.2, 0) is 14.4 Å². The van der Waals surface area contributed by atoms with Crippen LogP contribution in [0, 0.1) is 5.92 Å². The fourth-order valence-corrected chi connectivity index (χ4v) is 7.70. The number of unbranched alkanes of at least 4 members (excludes halogenated alkanes) is 1. The molecule has 3 atom stereocenters. The Labute approximate surface area is 276 Å². The Bertz CT molecular complexity index is 1410. The van der Waals surface area contributed by atoms with E-state index in [0.29, 0.717) is 61.6 Å². The van der Waals surface area contributed by atoms with E-state index in [1.54, 1.807) is 4.57 Å². The van der Waals surface area contributed by atoms with Crippen molar-refractivity contribution in [2.75, 3.05) is 13.1 Å². The van der Waals surface area contributed by atoms with Crippen molar-refractivity contribution in [3.8, 4) is 0 Å². The first-order valence-electron chi connectivity index (χ1n) is 15.5. The van der Waals surface area contributed by atoms with Gasteiger partial charge in [-0.1, -0.05) is 26.0 Å². The highest BCUT2D eigenvalue weighted by atomic mass is 32.1. The quantitative estimate of drug-likeness (QED) is 0.0436. The van der Waals surface area contributed by atoms with Crippen molar-refractivity contribution in [1.29, 1.82) is 0 Å². The Morgan fingerprint density at radius 2 is 1.61 bits per heavy atom. The van der Waals surface area contributed by atoms with Gasteiger partial charge >= 0.3 is 0 Å². The predicted molar refractivity (Wildman–Crippen MR) is 182 cm³/mol. The van der Waals surface area contributed by atoms with Gasteiger partial charge in [-0.15, -0.1) is 11.3 Å². The van der Waals surface area contributed by atoms with Crippen LogP contribution in [0.4, 0.5) is 0 Å².